The highest BCUT2D eigenvalue weighted by Crippen LogP contribution is 2.31. The zero-order valence-electron chi connectivity index (χ0n) is 16.5. The maximum atomic E-state index is 12.4. The molecule has 1 saturated carbocycles. The predicted octanol–water partition coefficient (Wildman–Crippen LogP) is 2.99. The van der Waals surface area contributed by atoms with Crippen LogP contribution in [-0.2, 0) is 14.3 Å². The number of nitriles is 1. The average molecular weight is 386 g/mol. The molecule has 150 valence electrons. The van der Waals surface area contributed by atoms with Gasteiger partial charge in [-0.15, -0.1) is 0 Å². The van der Waals surface area contributed by atoms with E-state index in [1.54, 1.807) is 18.2 Å². The third kappa shape index (κ3) is 5.26. The van der Waals surface area contributed by atoms with Gasteiger partial charge in [0.2, 0.25) is 0 Å². The van der Waals surface area contributed by atoms with Crippen LogP contribution in [0.2, 0.25) is 0 Å². The van der Waals surface area contributed by atoms with Gasteiger partial charge in [0.15, 0.2) is 17.6 Å². The number of hydrogen-bond acceptors (Lipinski definition) is 6. The van der Waals surface area contributed by atoms with Crippen LogP contribution in [0.3, 0.4) is 0 Å². The van der Waals surface area contributed by atoms with Crippen molar-refractivity contribution in [2.45, 2.75) is 50.7 Å². The van der Waals surface area contributed by atoms with Crippen LogP contribution in [0.5, 0.6) is 11.5 Å². The maximum absolute atomic E-state index is 12.4. The summed E-state index contributed by atoms with van der Waals surface area (Å²) in [6, 6.07) is 7.50. The van der Waals surface area contributed by atoms with E-state index in [4.69, 9.17) is 14.2 Å². The van der Waals surface area contributed by atoms with Crippen LogP contribution >= 0.6 is 0 Å². The highest BCUT2D eigenvalue weighted by atomic mass is 16.5. The van der Waals surface area contributed by atoms with Crippen LogP contribution in [-0.4, -0.2) is 37.7 Å². The molecule has 1 aromatic carbocycles. The summed E-state index contributed by atoms with van der Waals surface area (Å²) in [4.78, 5) is 24.5. The lowest BCUT2D eigenvalue weighted by atomic mass is 9.83. The van der Waals surface area contributed by atoms with Crippen molar-refractivity contribution in [3.05, 3.63) is 29.8 Å². The molecule has 1 amide bonds. The summed E-state index contributed by atoms with van der Waals surface area (Å²) < 4.78 is 15.7. The van der Waals surface area contributed by atoms with Gasteiger partial charge in [-0.3, -0.25) is 4.79 Å². The molecule has 1 fully saturated rings. The van der Waals surface area contributed by atoms with E-state index in [1.807, 2.05) is 0 Å². The zero-order valence-corrected chi connectivity index (χ0v) is 16.5. The Kier molecular flexibility index (Phi) is 7.44. The number of benzene rings is 1. The van der Waals surface area contributed by atoms with E-state index < -0.39 is 23.5 Å². The predicted molar refractivity (Wildman–Crippen MR) is 104 cm³/mol. The fourth-order valence-electron chi connectivity index (χ4n) is 3.23. The lowest BCUT2D eigenvalue weighted by Crippen LogP contribution is -2.52. The van der Waals surface area contributed by atoms with E-state index >= 15 is 0 Å². The number of carbonyl (C=O) groups excluding carboxylic acids is 2. The maximum Gasteiger partial charge on any atom is 0.331 e. The van der Waals surface area contributed by atoms with Crippen LogP contribution < -0.4 is 14.8 Å². The number of esters is 1. The minimum Gasteiger partial charge on any atom is -0.493 e. The molecule has 2 rings (SSSR count). The summed E-state index contributed by atoms with van der Waals surface area (Å²) in [5.74, 6) is -0.0977. The quantitative estimate of drug-likeness (QED) is 0.571. The molecule has 1 aliphatic rings. The van der Waals surface area contributed by atoms with Crippen LogP contribution in [0, 0.1) is 11.3 Å². The van der Waals surface area contributed by atoms with Crippen LogP contribution in [0.25, 0.3) is 6.08 Å². The van der Waals surface area contributed by atoms with Crippen molar-refractivity contribution >= 4 is 18.0 Å². The molecule has 1 aliphatic carbocycles. The van der Waals surface area contributed by atoms with Gasteiger partial charge in [-0.1, -0.05) is 31.4 Å². The first-order valence-electron chi connectivity index (χ1n) is 9.27. The molecule has 0 heterocycles. The Bertz CT molecular complexity index is 775. The van der Waals surface area contributed by atoms with Crippen molar-refractivity contribution in [3.63, 3.8) is 0 Å². The Morgan fingerprint density at radius 3 is 2.54 bits per heavy atom. The van der Waals surface area contributed by atoms with Crippen LogP contribution in [0.1, 0.15) is 44.6 Å². The smallest absolute Gasteiger partial charge is 0.331 e. The molecular weight excluding hydrogens is 360 g/mol. The normalized spacial score (nSPS) is 16.6. The van der Waals surface area contributed by atoms with Crippen molar-refractivity contribution < 1.29 is 23.8 Å². The van der Waals surface area contributed by atoms with E-state index in [2.05, 4.69) is 11.4 Å². The summed E-state index contributed by atoms with van der Waals surface area (Å²) in [5.41, 5.74) is -0.221. The number of nitrogens with zero attached hydrogens (tertiary/aromatic N) is 1. The van der Waals surface area contributed by atoms with Crippen molar-refractivity contribution in [1.29, 1.82) is 5.26 Å². The average Bonchev–Trinajstić information content (AvgIpc) is 2.72. The number of rotatable bonds is 7. The van der Waals surface area contributed by atoms with E-state index in [0.29, 0.717) is 29.9 Å². The molecule has 0 spiro atoms. The molecule has 7 heteroatoms. The molecule has 1 atom stereocenters. The van der Waals surface area contributed by atoms with E-state index in [0.717, 1.165) is 19.3 Å². The minimum atomic E-state index is -1.00. The first-order valence-corrected chi connectivity index (χ1v) is 9.27. The standard InChI is InChI=1S/C21H26N2O5/c1-15(20(25)23-21(14-22)12-5-4-6-13-21)28-18(24)11-10-16-8-7-9-17(26-2)19(16)27-3/h7-11,15H,4-6,12-13H2,1-3H3,(H,23,25)/b11-10+/t15-/m0/s1. The molecule has 0 bridgehead atoms. The Labute approximate surface area is 165 Å². The van der Waals surface area contributed by atoms with Gasteiger partial charge in [-0.2, -0.15) is 5.26 Å². The highest BCUT2D eigenvalue weighted by Gasteiger charge is 2.35. The lowest BCUT2D eigenvalue weighted by molar-refractivity contribution is -0.150. The summed E-state index contributed by atoms with van der Waals surface area (Å²) >= 11 is 0. The SMILES string of the molecule is COc1cccc(/C=C/C(=O)O[C@@H](C)C(=O)NC2(C#N)CCCCC2)c1OC. The van der Waals surface area contributed by atoms with Crippen molar-refractivity contribution in [2.75, 3.05) is 14.2 Å². The summed E-state index contributed by atoms with van der Waals surface area (Å²) in [5, 5.41) is 12.2. The van der Waals surface area contributed by atoms with Gasteiger partial charge in [0, 0.05) is 11.6 Å². The number of para-hydroxylation sites is 1. The number of methoxy groups -OCH3 is 2. The van der Waals surface area contributed by atoms with Gasteiger partial charge in [-0.05, 0) is 31.9 Å². The molecule has 1 N–H and O–H groups in total. The third-order valence-corrected chi connectivity index (χ3v) is 4.78. The topological polar surface area (TPSA) is 97.6 Å². The Hall–Kier alpha value is -3.01. The van der Waals surface area contributed by atoms with E-state index in [9.17, 15) is 14.9 Å². The summed E-state index contributed by atoms with van der Waals surface area (Å²) in [7, 11) is 3.04. The van der Waals surface area contributed by atoms with E-state index in [1.165, 1.54) is 33.3 Å². The highest BCUT2D eigenvalue weighted by molar-refractivity contribution is 5.91. The lowest BCUT2D eigenvalue weighted by Gasteiger charge is -2.32. The largest absolute Gasteiger partial charge is 0.493 e. The fourth-order valence-corrected chi connectivity index (χ4v) is 3.23. The fraction of sp³-hybridized carbons (Fsp3) is 0.476. The van der Waals surface area contributed by atoms with Crippen LogP contribution in [0.15, 0.2) is 24.3 Å². The number of nitrogens with one attached hydrogen (secondary N) is 1. The van der Waals surface area contributed by atoms with Gasteiger partial charge in [0.05, 0.1) is 20.3 Å². The van der Waals surface area contributed by atoms with Gasteiger partial charge in [0.1, 0.15) is 5.54 Å². The second-order valence-corrected chi connectivity index (χ2v) is 6.74. The molecule has 0 aliphatic heterocycles. The number of amides is 1. The second-order valence-electron chi connectivity index (χ2n) is 6.74. The molecular formula is C21H26N2O5. The molecule has 7 nitrogen and oxygen atoms in total. The number of hydrogen-bond donors (Lipinski definition) is 1. The van der Waals surface area contributed by atoms with Gasteiger partial charge in [-0.25, -0.2) is 4.79 Å². The summed E-state index contributed by atoms with van der Waals surface area (Å²) in [6.07, 6.45) is 5.84. The van der Waals surface area contributed by atoms with Crippen molar-refractivity contribution in [3.8, 4) is 17.6 Å². The summed E-state index contributed by atoms with van der Waals surface area (Å²) in [6.45, 7) is 1.49. The van der Waals surface area contributed by atoms with Gasteiger partial charge in [0.25, 0.3) is 5.91 Å². The molecule has 0 saturated heterocycles. The number of carbonyl (C=O) groups is 2. The zero-order chi connectivity index (χ0) is 20.6. The Morgan fingerprint density at radius 1 is 1.21 bits per heavy atom. The van der Waals surface area contributed by atoms with Crippen LogP contribution in [0.4, 0.5) is 0 Å². The molecule has 0 radical (unpaired) electrons. The van der Waals surface area contributed by atoms with Gasteiger partial charge >= 0.3 is 5.97 Å². The third-order valence-electron chi connectivity index (χ3n) is 4.78. The molecule has 1 aromatic rings. The number of ether oxygens (including phenoxy) is 3. The van der Waals surface area contributed by atoms with Crippen molar-refractivity contribution in [1.82, 2.24) is 5.32 Å². The second kappa shape index (κ2) is 9.79. The Balaban J connectivity index is 1.98. The first-order chi connectivity index (χ1) is 13.4. The minimum absolute atomic E-state index is 0.468. The van der Waals surface area contributed by atoms with Crippen molar-refractivity contribution in [2.24, 2.45) is 0 Å². The van der Waals surface area contributed by atoms with Gasteiger partial charge < -0.3 is 19.5 Å². The first kappa shape index (κ1) is 21.3. The molecule has 28 heavy (non-hydrogen) atoms. The monoisotopic (exact) mass is 386 g/mol. The Morgan fingerprint density at radius 2 is 1.93 bits per heavy atom. The molecule has 0 unspecified atom stereocenters. The van der Waals surface area contributed by atoms with E-state index in [-0.39, 0.29) is 0 Å². The molecule has 0 aromatic heterocycles.